The van der Waals surface area contributed by atoms with E-state index in [0.717, 1.165) is 24.8 Å². The van der Waals surface area contributed by atoms with Crippen molar-refractivity contribution < 1.29 is 38.1 Å². The van der Waals surface area contributed by atoms with Gasteiger partial charge in [-0.15, -0.1) is 0 Å². The van der Waals surface area contributed by atoms with Crippen LogP contribution in [0.25, 0.3) is 0 Å². The van der Waals surface area contributed by atoms with Crippen LogP contribution in [0.3, 0.4) is 0 Å². The number of methoxy groups -OCH3 is 1. The van der Waals surface area contributed by atoms with Crippen molar-refractivity contribution in [3.8, 4) is 5.75 Å². The predicted octanol–water partition coefficient (Wildman–Crippen LogP) is 7.16. The van der Waals surface area contributed by atoms with Gasteiger partial charge >= 0.3 is 11.9 Å². The molecule has 1 saturated heterocycles. The number of ether oxygens (including phenoxy) is 4. The Hall–Kier alpha value is -3.54. The van der Waals surface area contributed by atoms with Crippen LogP contribution in [0.15, 0.2) is 54.6 Å². The van der Waals surface area contributed by atoms with Crippen molar-refractivity contribution >= 4 is 48.0 Å². The number of cyclic esters (lactones) is 2. The number of hydrogen-bond donors (Lipinski definition) is 3. The minimum absolute atomic E-state index is 0.00259. The van der Waals surface area contributed by atoms with Gasteiger partial charge in [-0.3, -0.25) is 14.4 Å². The molecule has 10 nitrogen and oxygen atoms in total. The smallest absolute Gasteiger partial charge is 0.347 e. The molecular weight excluding hydrogens is 728 g/mol. The summed E-state index contributed by atoms with van der Waals surface area (Å²) in [6.45, 7) is 13.2. The Morgan fingerprint density at radius 1 is 1.02 bits per heavy atom. The first-order valence-corrected chi connectivity index (χ1v) is 19.6. The van der Waals surface area contributed by atoms with Gasteiger partial charge in [-0.1, -0.05) is 82.6 Å². The van der Waals surface area contributed by atoms with Crippen molar-refractivity contribution in [2.24, 2.45) is 17.3 Å². The highest BCUT2D eigenvalue weighted by atomic mass is 35.5. The number of esters is 2. The van der Waals surface area contributed by atoms with Crippen molar-refractivity contribution in [3.05, 3.63) is 76.3 Å². The van der Waals surface area contributed by atoms with Gasteiger partial charge in [0.05, 0.1) is 23.7 Å². The van der Waals surface area contributed by atoms with Crippen LogP contribution in [0.5, 0.6) is 5.75 Å². The van der Waals surface area contributed by atoms with Gasteiger partial charge in [0.2, 0.25) is 11.8 Å². The molecule has 0 aliphatic carbocycles. The van der Waals surface area contributed by atoms with E-state index in [1.807, 2.05) is 20.8 Å². The molecule has 0 aromatic heterocycles. The summed E-state index contributed by atoms with van der Waals surface area (Å²) < 4.78 is 23.4. The molecule has 2 amide bonds. The van der Waals surface area contributed by atoms with Gasteiger partial charge in [-0.05, 0) is 80.3 Å². The molecule has 0 unspecified atom stereocenters. The van der Waals surface area contributed by atoms with Gasteiger partial charge in [0, 0.05) is 30.1 Å². The van der Waals surface area contributed by atoms with E-state index in [4.69, 9.17) is 30.5 Å². The molecule has 6 atom stereocenters. The summed E-state index contributed by atoms with van der Waals surface area (Å²) in [7, 11) is 1.51. The summed E-state index contributed by atoms with van der Waals surface area (Å²) >= 11 is 11.0. The Labute approximate surface area is 330 Å². The standard InChI is InChI=1S/C42H57ClN2O8S/c1-25(2)21-34-39(48)51-32(26(3)36-37(53-36)29-17-14-27(15-18-29)11-10-20-42(6,7)54)12-9-13-35(46)45-31(23-28-16-19-33(50-8)30(43)22-28)38(47)44-24-41(4,5)40(49)52-34/h9,13-19,22,25-26,31-32,34,36-37,54H,10-12,20-21,23-24H2,1-8H3,(H,44,47)(H,45,46)/b13-9+/t26-,31+,32-,34-,36+,37+/m0/s1. The van der Waals surface area contributed by atoms with Gasteiger partial charge in [-0.2, -0.15) is 12.6 Å². The topological polar surface area (TPSA) is 133 Å². The molecule has 2 aromatic carbocycles. The highest BCUT2D eigenvalue weighted by molar-refractivity contribution is 7.81. The first-order valence-electron chi connectivity index (χ1n) is 18.8. The second-order valence-corrected chi connectivity index (χ2v) is 17.9. The van der Waals surface area contributed by atoms with E-state index in [-0.39, 0.29) is 54.6 Å². The number of epoxide rings is 1. The molecule has 0 spiro atoms. The van der Waals surface area contributed by atoms with E-state index in [1.54, 1.807) is 38.1 Å². The van der Waals surface area contributed by atoms with Crippen LogP contribution >= 0.6 is 24.2 Å². The lowest BCUT2D eigenvalue weighted by Gasteiger charge is -2.29. The minimum Gasteiger partial charge on any atom is -0.495 e. The molecule has 54 heavy (non-hydrogen) atoms. The van der Waals surface area contributed by atoms with Crippen LogP contribution in [0.1, 0.15) is 96.9 Å². The Morgan fingerprint density at radius 2 is 1.70 bits per heavy atom. The molecule has 0 bridgehead atoms. The van der Waals surface area contributed by atoms with E-state index in [0.29, 0.717) is 16.3 Å². The Bertz CT molecular complexity index is 1650. The van der Waals surface area contributed by atoms with Gasteiger partial charge in [-0.25, -0.2) is 4.79 Å². The molecule has 1 fully saturated rings. The molecule has 296 valence electrons. The first kappa shape index (κ1) is 43.2. The molecule has 0 radical (unpaired) electrons. The monoisotopic (exact) mass is 784 g/mol. The minimum atomic E-state index is -1.21. The first-order chi connectivity index (χ1) is 25.4. The molecule has 2 N–H and O–H groups in total. The molecule has 0 saturated carbocycles. The van der Waals surface area contributed by atoms with E-state index >= 15 is 0 Å². The average molecular weight is 785 g/mol. The number of rotatable bonds is 12. The lowest BCUT2D eigenvalue weighted by atomic mass is 9.92. The second-order valence-electron chi connectivity index (χ2n) is 16.3. The summed E-state index contributed by atoms with van der Waals surface area (Å²) in [5.41, 5.74) is 1.77. The van der Waals surface area contributed by atoms with E-state index in [9.17, 15) is 19.2 Å². The SMILES string of the molecule is COc1ccc(C[C@H]2NC(=O)/C=C/C[C@@H]([C@H](C)[C@H]3O[C@@H]3c3ccc(CCCC(C)(C)S)cc3)OC(=O)[C@H](CC(C)C)OC(=O)C(C)(C)CNC2=O)cc1Cl. The fourth-order valence-electron chi connectivity index (χ4n) is 6.42. The van der Waals surface area contributed by atoms with E-state index < -0.39 is 47.4 Å². The Kier molecular flexibility index (Phi) is 15.1. The van der Waals surface area contributed by atoms with Crippen LogP contribution in [-0.2, 0) is 46.2 Å². The van der Waals surface area contributed by atoms with Crippen molar-refractivity contribution in [3.63, 3.8) is 0 Å². The van der Waals surface area contributed by atoms with Crippen LogP contribution < -0.4 is 15.4 Å². The maximum Gasteiger partial charge on any atom is 0.347 e. The van der Waals surface area contributed by atoms with Gasteiger partial charge in [0.1, 0.15) is 24.0 Å². The fraction of sp³-hybridized carbons (Fsp3) is 0.571. The van der Waals surface area contributed by atoms with Crippen molar-refractivity contribution in [1.82, 2.24) is 10.6 Å². The highest BCUT2D eigenvalue weighted by Crippen LogP contribution is 2.45. The number of thiol groups is 1. The van der Waals surface area contributed by atoms with Crippen LogP contribution in [0.2, 0.25) is 5.02 Å². The zero-order valence-corrected chi connectivity index (χ0v) is 34.4. The molecular formula is C42H57ClN2O8S. The van der Waals surface area contributed by atoms with Gasteiger partial charge in [0.25, 0.3) is 0 Å². The van der Waals surface area contributed by atoms with Crippen LogP contribution in [0, 0.1) is 17.3 Å². The number of hydrogen-bond acceptors (Lipinski definition) is 9. The fourth-order valence-corrected chi connectivity index (χ4v) is 6.86. The maximum absolute atomic E-state index is 13.8. The third-order valence-electron chi connectivity index (χ3n) is 9.84. The maximum atomic E-state index is 13.8. The molecule has 2 aromatic rings. The lowest BCUT2D eigenvalue weighted by molar-refractivity contribution is -0.179. The number of halogens is 1. The Morgan fingerprint density at radius 3 is 2.33 bits per heavy atom. The summed E-state index contributed by atoms with van der Waals surface area (Å²) in [4.78, 5) is 54.1. The molecule has 12 heteroatoms. The number of nitrogens with one attached hydrogen (secondary N) is 2. The number of amides is 2. The predicted molar refractivity (Wildman–Crippen MR) is 213 cm³/mol. The normalized spacial score (nSPS) is 25.2. The van der Waals surface area contributed by atoms with Crippen molar-refractivity contribution in [2.75, 3.05) is 13.7 Å². The van der Waals surface area contributed by atoms with Crippen LogP contribution in [0.4, 0.5) is 0 Å². The number of benzene rings is 2. The zero-order valence-electron chi connectivity index (χ0n) is 32.8. The molecule has 2 aliphatic rings. The van der Waals surface area contributed by atoms with Gasteiger partial charge < -0.3 is 29.6 Å². The Balaban J connectivity index is 1.56. The molecule has 4 rings (SSSR count). The summed E-state index contributed by atoms with van der Waals surface area (Å²) in [6.07, 6.45) is 4.29. The molecule has 2 aliphatic heterocycles. The third kappa shape index (κ3) is 12.8. The van der Waals surface area contributed by atoms with Crippen molar-refractivity contribution in [2.45, 2.75) is 122 Å². The largest absolute Gasteiger partial charge is 0.495 e. The number of carbonyl (C=O) groups is 4. The van der Waals surface area contributed by atoms with Gasteiger partial charge in [0.15, 0.2) is 6.10 Å². The third-order valence-corrected chi connectivity index (χ3v) is 10.4. The van der Waals surface area contributed by atoms with Crippen LogP contribution in [-0.4, -0.2) is 66.5 Å². The number of carbonyl (C=O) groups excluding carboxylic acids is 4. The average Bonchev–Trinajstić information content (AvgIpc) is 3.89. The lowest BCUT2D eigenvalue weighted by Crippen LogP contribution is -2.51. The summed E-state index contributed by atoms with van der Waals surface area (Å²) in [5.74, 6) is -2.10. The number of aryl methyl sites for hydroxylation is 1. The summed E-state index contributed by atoms with van der Waals surface area (Å²) in [5, 5.41) is 5.94. The molecule has 2 heterocycles. The second kappa shape index (κ2) is 18.9. The quantitative estimate of drug-likeness (QED) is 0.118. The van der Waals surface area contributed by atoms with Crippen molar-refractivity contribution in [1.29, 1.82) is 0 Å². The van der Waals surface area contributed by atoms with E-state index in [1.165, 1.54) is 18.7 Å². The van der Waals surface area contributed by atoms with E-state index in [2.05, 4.69) is 61.4 Å². The highest BCUT2D eigenvalue weighted by Gasteiger charge is 2.48. The zero-order chi connectivity index (χ0) is 39.8. The summed E-state index contributed by atoms with van der Waals surface area (Å²) in [6, 6.07) is 12.6.